The Morgan fingerprint density at radius 2 is 2.09 bits per heavy atom. The van der Waals surface area contributed by atoms with E-state index >= 15 is 0 Å². The molecule has 0 aromatic heterocycles. The zero-order valence-electron chi connectivity index (χ0n) is 6.79. The van der Waals surface area contributed by atoms with Gasteiger partial charge in [-0.05, 0) is 19.9 Å². The van der Waals surface area contributed by atoms with Crippen LogP contribution in [0.2, 0.25) is 0 Å². The van der Waals surface area contributed by atoms with Gasteiger partial charge in [-0.2, -0.15) is 13.1 Å². The Hall–Kier alpha value is -0.170. The summed E-state index contributed by atoms with van der Waals surface area (Å²) in [5, 5.41) is 0. The van der Waals surface area contributed by atoms with Crippen molar-refractivity contribution >= 4 is 10.2 Å². The Morgan fingerprint density at radius 3 is 2.45 bits per heavy atom. The van der Waals surface area contributed by atoms with Gasteiger partial charge in [-0.25, -0.2) is 4.72 Å². The summed E-state index contributed by atoms with van der Waals surface area (Å²) in [6.45, 7) is 2.25. The average Bonchev–Trinajstić information content (AvgIpc) is 1.87. The van der Waals surface area contributed by atoms with Crippen LogP contribution in [0.5, 0.6) is 0 Å². The van der Waals surface area contributed by atoms with Gasteiger partial charge in [0, 0.05) is 13.1 Å². The lowest BCUT2D eigenvalue weighted by molar-refractivity contribution is 0.542. The molecule has 0 saturated heterocycles. The Morgan fingerprint density at radius 1 is 1.55 bits per heavy atom. The smallest absolute Gasteiger partial charge is 0.276 e. The summed E-state index contributed by atoms with van der Waals surface area (Å²) in [7, 11) is -1.94. The lowest BCUT2D eigenvalue weighted by Gasteiger charge is -2.11. The van der Waals surface area contributed by atoms with Crippen molar-refractivity contribution < 1.29 is 8.42 Å². The van der Waals surface area contributed by atoms with Gasteiger partial charge in [0.25, 0.3) is 10.2 Å². The van der Waals surface area contributed by atoms with Gasteiger partial charge in [0.1, 0.15) is 0 Å². The van der Waals surface area contributed by atoms with Crippen LogP contribution in [0.3, 0.4) is 0 Å². The van der Waals surface area contributed by atoms with Crippen molar-refractivity contribution in [3.8, 4) is 0 Å². The van der Waals surface area contributed by atoms with E-state index < -0.39 is 10.2 Å². The highest BCUT2D eigenvalue weighted by molar-refractivity contribution is 7.87. The lowest BCUT2D eigenvalue weighted by Crippen LogP contribution is -2.40. The van der Waals surface area contributed by atoms with Gasteiger partial charge in [0.15, 0.2) is 0 Å². The molecule has 0 aliphatic rings. The summed E-state index contributed by atoms with van der Waals surface area (Å²) in [5.74, 6) is 0. The molecule has 0 spiro atoms. The van der Waals surface area contributed by atoms with Crippen LogP contribution in [-0.2, 0) is 10.2 Å². The van der Waals surface area contributed by atoms with Gasteiger partial charge in [-0.3, -0.25) is 0 Å². The highest BCUT2D eigenvalue weighted by Gasteiger charge is 2.09. The number of nitrogens with one attached hydrogen (secondary N) is 2. The lowest BCUT2D eigenvalue weighted by atomic mass is 10.3. The number of nitrogens with two attached hydrogens (primary N) is 1. The fourth-order valence-corrected chi connectivity index (χ4v) is 1.40. The maximum Gasteiger partial charge on any atom is 0.276 e. The molecule has 0 bridgehead atoms. The molecular formula is C5H15N3O2S. The zero-order chi connectivity index (χ0) is 8.91. The van der Waals surface area contributed by atoms with E-state index in [1.54, 1.807) is 6.92 Å². The molecule has 5 nitrogen and oxygen atoms in total. The van der Waals surface area contributed by atoms with Gasteiger partial charge in [-0.15, -0.1) is 0 Å². The molecular weight excluding hydrogens is 166 g/mol. The first kappa shape index (κ1) is 10.8. The Labute approximate surface area is 67.5 Å². The van der Waals surface area contributed by atoms with Crippen LogP contribution in [0.25, 0.3) is 0 Å². The molecule has 0 aromatic rings. The second-order valence-corrected chi connectivity index (χ2v) is 3.95. The minimum atomic E-state index is -3.30. The summed E-state index contributed by atoms with van der Waals surface area (Å²) in [4.78, 5) is 0. The third kappa shape index (κ3) is 5.14. The molecule has 1 unspecified atom stereocenters. The normalized spacial score (nSPS) is 14.8. The average molecular weight is 181 g/mol. The molecule has 0 aliphatic carbocycles. The van der Waals surface area contributed by atoms with Crippen molar-refractivity contribution in [3.05, 3.63) is 0 Å². The van der Waals surface area contributed by atoms with Crippen molar-refractivity contribution in [1.29, 1.82) is 0 Å². The molecule has 0 amide bonds. The predicted molar refractivity (Wildman–Crippen MR) is 44.2 cm³/mol. The monoisotopic (exact) mass is 181 g/mol. The third-order valence-corrected chi connectivity index (χ3v) is 2.47. The van der Waals surface area contributed by atoms with E-state index in [-0.39, 0.29) is 6.04 Å². The van der Waals surface area contributed by atoms with Gasteiger partial charge in [0.05, 0.1) is 0 Å². The predicted octanol–water partition coefficient (Wildman–Crippen LogP) is -1.22. The Balaban J connectivity index is 3.84. The summed E-state index contributed by atoms with van der Waals surface area (Å²) in [6, 6.07) is -0.113. The summed E-state index contributed by atoms with van der Waals surface area (Å²) < 4.78 is 26.2. The molecule has 0 fully saturated rings. The maximum atomic E-state index is 10.8. The van der Waals surface area contributed by atoms with Crippen molar-refractivity contribution in [1.82, 2.24) is 9.44 Å². The molecule has 0 radical (unpaired) electrons. The van der Waals surface area contributed by atoms with Crippen molar-refractivity contribution in [2.45, 2.75) is 19.4 Å². The van der Waals surface area contributed by atoms with Crippen molar-refractivity contribution in [3.63, 3.8) is 0 Å². The summed E-state index contributed by atoms with van der Waals surface area (Å²) in [5.41, 5.74) is 5.23. The minimum absolute atomic E-state index is 0.113. The van der Waals surface area contributed by atoms with E-state index in [0.717, 1.165) is 0 Å². The zero-order valence-corrected chi connectivity index (χ0v) is 7.61. The van der Waals surface area contributed by atoms with Crippen LogP contribution in [0, 0.1) is 0 Å². The first-order valence-corrected chi connectivity index (χ1v) is 4.91. The fraction of sp³-hybridized carbons (Fsp3) is 1.00. The number of rotatable bonds is 5. The molecule has 1 atom stereocenters. The molecule has 0 aromatic carbocycles. The van der Waals surface area contributed by atoms with Gasteiger partial charge >= 0.3 is 0 Å². The highest BCUT2D eigenvalue weighted by atomic mass is 32.2. The maximum absolute atomic E-state index is 10.8. The highest BCUT2D eigenvalue weighted by Crippen LogP contribution is 1.89. The third-order valence-electron chi connectivity index (χ3n) is 1.22. The first-order chi connectivity index (χ1) is 5.02. The van der Waals surface area contributed by atoms with E-state index in [1.807, 2.05) is 0 Å². The van der Waals surface area contributed by atoms with Crippen LogP contribution >= 0.6 is 0 Å². The van der Waals surface area contributed by atoms with E-state index in [4.69, 9.17) is 5.73 Å². The molecule has 68 valence electrons. The molecule has 6 heteroatoms. The van der Waals surface area contributed by atoms with E-state index in [2.05, 4.69) is 9.44 Å². The quantitative estimate of drug-likeness (QED) is 0.497. The summed E-state index contributed by atoms with van der Waals surface area (Å²) in [6.07, 6.45) is 0.640. The van der Waals surface area contributed by atoms with Gasteiger partial charge in [0.2, 0.25) is 0 Å². The fourth-order valence-electron chi connectivity index (χ4n) is 0.633. The second kappa shape index (κ2) is 4.66. The van der Waals surface area contributed by atoms with Gasteiger partial charge < -0.3 is 5.73 Å². The van der Waals surface area contributed by atoms with E-state index in [0.29, 0.717) is 13.0 Å². The second-order valence-electron chi connectivity index (χ2n) is 2.30. The van der Waals surface area contributed by atoms with Crippen LogP contribution in [-0.4, -0.2) is 28.1 Å². The van der Waals surface area contributed by atoms with E-state index in [1.165, 1.54) is 7.05 Å². The van der Waals surface area contributed by atoms with Crippen molar-refractivity contribution in [2.24, 2.45) is 5.73 Å². The first-order valence-electron chi connectivity index (χ1n) is 3.42. The topological polar surface area (TPSA) is 84.2 Å². The minimum Gasteiger partial charge on any atom is -0.330 e. The Kier molecular flexibility index (Phi) is 4.58. The molecule has 11 heavy (non-hydrogen) atoms. The molecule has 4 N–H and O–H groups in total. The Bertz CT molecular complexity index is 190. The molecule has 0 heterocycles. The molecule has 0 saturated carbocycles. The van der Waals surface area contributed by atoms with Crippen LogP contribution in [0.15, 0.2) is 0 Å². The van der Waals surface area contributed by atoms with E-state index in [9.17, 15) is 8.42 Å². The van der Waals surface area contributed by atoms with Crippen LogP contribution in [0.4, 0.5) is 0 Å². The molecule has 0 aliphatic heterocycles. The molecule has 0 rings (SSSR count). The van der Waals surface area contributed by atoms with Crippen LogP contribution < -0.4 is 15.2 Å². The number of hydrogen-bond acceptors (Lipinski definition) is 3. The standard InChI is InChI=1S/C5H15N3O2S/c1-5(3-4-6)8-11(9,10)7-2/h5,7-8H,3-4,6H2,1-2H3. The van der Waals surface area contributed by atoms with Crippen molar-refractivity contribution in [2.75, 3.05) is 13.6 Å². The number of hydrogen-bond donors (Lipinski definition) is 3. The largest absolute Gasteiger partial charge is 0.330 e. The SMILES string of the molecule is CNS(=O)(=O)NC(C)CCN. The van der Waals surface area contributed by atoms with Gasteiger partial charge in [-0.1, -0.05) is 0 Å². The van der Waals surface area contributed by atoms with Crippen LogP contribution in [0.1, 0.15) is 13.3 Å². The summed E-state index contributed by atoms with van der Waals surface area (Å²) >= 11 is 0.